The third-order valence-electron chi connectivity index (χ3n) is 2.00. The maximum Gasteiger partial charge on any atom is 0.0401 e. The van der Waals surface area contributed by atoms with Gasteiger partial charge in [0.2, 0.25) is 0 Å². The smallest absolute Gasteiger partial charge is 0.0401 e. The number of rotatable bonds is 1. The molecule has 0 atom stereocenters. The van der Waals surface area contributed by atoms with Gasteiger partial charge in [0.1, 0.15) is 0 Å². The van der Waals surface area contributed by atoms with Crippen LogP contribution in [0, 0.1) is 0 Å². The standard InChI is InChI=1S/C11H10BrN/c12-11-5-1-3-9(7-11)10-4-2-6-13-8-10/h1-7,13H,8H2. The highest BCUT2D eigenvalue weighted by atomic mass is 79.9. The summed E-state index contributed by atoms with van der Waals surface area (Å²) in [7, 11) is 0. The van der Waals surface area contributed by atoms with Gasteiger partial charge in [0.15, 0.2) is 0 Å². The van der Waals surface area contributed by atoms with Crippen molar-refractivity contribution in [2.45, 2.75) is 0 Å². The predicted molar refractivity (Wildman–Crippen MR) is 59.3 cm³/mol. The van der Waals surface area contributed by atoms with Crippen molar-refractivity contribution >= 4 is 21.5 Å². The van der Waals surface area contributed by atoms with Crippen LogP contribution in [-0.4, -0.2) is 6.54 Å². The minimum Gasteiger partial charge on any atom is -0.387 e. The van der Waals surface area contributed by atoms with Gasteiger partial charge in [-0.2, -0.15) is 0 Å². The van der Waals surface area contributed by atoms with Gasteiger partial charge < -0.3 is 5.32 Å². The molecule has 0 bridgehead atoms. The van der Waals surface area contributed by atoms with Crippen molar-refractivity contribution in [3.63, 3.8) is 0 Å². The van der Waals surface area contributed by atoms with Crippen LogP contribution in [0.2, 0.25) is 0 Å². The molecule has 13 heavy (non-hydrogen) atoms. The van der Waals surface area contributed by atoms with E-state index in [0.717, 1.165) is 11.0 Å². The van der Waals surface area contributed by atoms with Gasteiger partial charge in [-0.3, -0.25) is 0 Å². The van der Waals surface area contributed by atoms with Gasteiger partial charge in [0, 0.05) is 11.0 Å². The van der Waals surface area contributed by atoms with E-state index in [1.54, 1.807) is 0 Å². The molecule has 1 N–H and O–H groups in total. The van der Waals surface area contributed by atoms with Crippen molar-refractivity contribution in [3.05, 3.63) is 52.7 Å². The van der Waals surface area contributed by atoms with Gasteiger partial charge in [0.05, 0.1) is 0 Å². The van der Waals surface area contributed by atoms with Crippen LogP contribution in [0.5, 0.6) is 0 Å². The van der Waals surface area contributed by atoms with Crippen molar-refractivity contribution in [1.29, 1.82) is 0 Å². The molecule has 1 aliphatic heterocycles. The number of nitrogens with one attached hydrogen (secondary N) is 1. The monoisotopic (exact) mass is 235 g/mol. The summed E-state index contributed by atoms with van der Waals surface area (Å²) in [6.45, 7) is 0.910. The molecule has 0 radical (unpaired) electrons. The molecule has 0 saturated heterocycles. The maximum absolute atomic E-state index is 3.46. The Labute approximate surface area is 86.3 Å². The van der Waals surface area contributed by atoms with Gasteiger partial charge in [-0.1, -0.05) is 34.1 Å². The van der Waals surface area contributed by atoms with Crippen molar-refractivity contribution in [3.8, 4) is 0 Å². The second-order valence-electron chi connectivity index (χ2n) is 2.94. The summed E-state index contributed by atoms with van der Waals surface area (Å²) in [6, 6.07) is 8.35. The second-order valence-corrected chi connectivity index (χ2v) is 3.86. The summed E-state index contributed by atoms with van der Waals surface area (Å²) >= 11 is 3.46. The molecule has 1 aliphatic rings. The molecule has 1 heterocycles. The van der Waals surface area contributed by atoms with Gasteiger partial charge in [0.25, 0.3) is 0 Å². The fraction of sp³-hybridized carbons (Fsp3) is 0.0909. The number of benzene rings is 1. The SMILES string of the molecule is Brc1cccc(C2=CC=CNC2)c1. The number of allylic oxidation sites excluding steroid dienone is 2. The predicted octanol–water partition coefficient (Wildman–Crippen LogP) is 2.95. The lowest BCUT2D eigenvalue weighted by Gasteiger charge is -2.10. The molecule has 1 aromatic carbocycles. The van der Waals surface area contributed by atoms with E-state index in [1.807, 2.05) is 18.3 Å². The van der Waals surface area contributed by atoms with Gasteiger partial charge in [-0.15, -0.1) is 0 Å². The van der Waals surface area contributed by atoms with E-state index in [9.17, 15) is 0 Å². The zero-order chi connectivity index (χ0) is 9.10. The Balaban J connectivity index is 2.34. The average Bonchev–Trinajstić information content (AvgIpc) is 2.19. The Morgan fingerprint density at radius 1 is 1.31 bits per heavy atom. The summed E-state index contributed by atoms with van der Waals surface area (Å²) < 4.78 is 1.13. The first-order chi connectivity index (χ1) is 6.36. The Kier molecular flexibility index (Phi) is 2.50. The topological polar surface area (TPSA) is 12.0 Å². The number of halogens is 1. The molecule has 0 aliphatic carbocycles. The zero-order valence-corrected chi connectivity index (χ0v) is 8.71. The summed E-state index contributed by atoms with van der Waals surface area (Å²) in [6.07, 6.45) is 6.12. The number of hydrogen-bond donors (Lipinski definition) is 1. The molecule has 2 rings (SSSR count). The fourth-order valence-corrected chi connectivity index (χ4v) is 1.75. The van der Waals surface area contributed by atoms with E-state index >= 15 is 0 Å². The maximum atomic E-state index is 3.46. The largest absolute Gasteiger partial charge is 0.387 e. The molecule has 0 unspecified atom stereocenters. The van der Waals surface area contributed by atoms with Crippen LogP contribution in [0.3, 0.4) is 0 Å². The van der Waals surface area contributed by atoms with Crippen LogP contribution >= 0.6 is 15.9 Å². The lowest BCUT2D eigenvalue weighted by molar-refractivity contribution is 0.986. The van der Waals surface area contributed by atoms with Crippen LogP contribution in [-0.2, 0) is 0 Å². The lowest BCUT2D eigenvalue weighted by atomic mass is 10.0. The fourth-order valence-electron chi connectivity index (χ4n) is 1.35. The molecule has 0 fully saturated rings. The highest BCUT2D eigenvalue weighted by Crippen LogP contribution is 2.19. The van der Waals surface area contributed by atoms with Crippen molar-refractivity contribution < 1.29 is 0 Å². The molecule has 0 spiro atoms. The van der Waals surface area contributed by atoms with Crippen LogP contribution < -0.4 is 5.32 Å². The van der Waals surface area contributed by atoms with E-state index in [2.05, 4.69) is 45.5 Å². The first-order valence-corrected chi connectivity index (χ1v) is 5.00. The molecule has 66 valence electrons. The molecule has 0 aromatic heterocycles. The lowest BCUT2D eigenvalue weighted by Crippen LogP contribution is -2.11. The third kappa shape index (κ3) is 2.01. The van der Waals surface area contributed by atoms with Crippen molar-refractivity contribution in [2.24, 2.45) is 0 Å². The minimum atomic E-state index is 0.910. The van der Waals surface area contributed by atoms with Gasteiger partial charge in [-0.25, -0.2) is 0 Å². The Hall–Kier alpha value is -1.02. The van der Waals surface area contributed by atoms with Crippen LogP contribution in [0.4, 0.5) is 0 Å². The van der Waals surface area contributed by atoms with E-state index in [4.69, 9.17) is 0 Å². The number of dihydropyridines is 1. The van der Waals surface area contributed by atoms with E-state index in [1.165, 1.54) is 11.1 Å². The second kappa shape index (κ2) is 3.79. The molecule has 1 nitrogen and oxygen atoms in total. The van der Waals surface area contributed by atoms with E-state index < -0.39 is 0 Å². The first kappa shape index (κ1) is 8.57. The van der Waals surface area contributed by atoms with Crippen LogP contribution in [0.25, 0.3) is 5.57 Å². The Morgan fingerprint density at radius 2 is 2.23 bits per heavy atom. The van der Waals surface area contributed by atoms with Crippen LogP contribution in [0.1, 0.15) is 5.56 Å². The third-order valence-corrected chi connectivity index (χ3v) is 2.49. The number of hydrogen-bond acceptors (Lipinski definition) is 1. The highest BCUT2D eigenvalue weighted by Gasteiger charge is 2.01. The Morgan fingerprint density at radius 3 is 2.92 bits per heavy atom. The summed E-state index contributed by atoms with van der Waals surface area (Å²) in [4.78, 5) is 0. The molecular weight excluding hydrogens is 226 g/mol. The molecule has 1 aromatic rings. The van der Waals surface area contributed by atoms with Crippen LogP contribution in [0.15, 0.2) is 47.1 Å². The summed E-state index contributed by atoms with van der Waals surface area (Å²) in [5.74, 6) is 0. The van der Waals surface area contributed by atoms with Crippen molar-refractivity contribution in [1.82, 2.24) is 5.32 Å². The normalized spacial score (nSPS) is 15.0. The summed E-state index contributed by atoms with van der Waals surface area (Å²) in [5.41, 5.74) is 2.59. The Bertz CT molecular complexity index is 366. The minimum absolute atomic E-state index is 0.910. The van der Waals surface area contributed by atoms with E-state index in [-0.39, 0.29) is 0 Å². The highest BCUT2D eigenvalue weighted by molar-refractivity contribution is 9.10. The molecule has 0 saturated carbocycles. The van der Waals surface area contributed by atoms with Crippen molar-refractivity contribution in [2.75, 3.05) is 6.54 Å². The van der Waals surface area contributed by atoms with Gasteiger partial charge >= 0.3 is 0 Å². The van der Waals surface area contributed by atoms with Gasteiger partial charge in [-0.05, 0) is 35.5 Å². The first-order valence-electron chi connectivity index (χ1n) is 4.21. The molecule has 2 heteroatoms. The molecular formula is C11H10BrN. The van der Waals surface area contributed by atoms with E-state index in [0.29, 0.717) is 0 Å². The quantitative estimate of drug-likeness (QED) is 0.790. The zero-order valence-electron chi connectivity index (χ0n) is 7.13. The average molecular weight is 236 g/mol. The molecule has 0 amide bonds. The summed E-state index contributed by atoms with van der Waals surface area (Å²) in [5, 5.41) is 3.19.